The van der Waals surface area contributed by atoms with Crippen LogP contribution in [0.1, 0.15) is 20.7 Å². The van der Waals surface area contributed by atoms with Crippen molar-refractivity contribution >= 4 is 23.5 Å². The monoisotopic (exact) mass is 318 g/mol. The molecule has 0 aliphatic rings. The van der Waals surface area contributed by atoms with Crippen LogP contribution in [0.15, 0.2) is 73.1 Å². The zero-order valence-corrected chi connectivity index (χ0v) is 12.6. The molecule has 2 N–H and O–H groups in total. The van der Waals surface area contributed by atoms with E-state index in [9.17, 15) is 9.59 Å². The van der Waals surface area contributed by atoms with Gasteiger partial charge in [-0.05, 0) is 42.5 Å². The van der Waals surface area contributed by atoms with Crippen molar-refractivity contribution in [1.29, 1.82) is 0 Å². The fraction of sp³-hybridized carbons (Fsp3) is 0. The number of carbonyl (C=O) groups excluding carboxylic acids is 2. The molecule has 2 amide bonds. The smallest absolute Gasteiger partial charge is 0.258 e. The fourth-order valence-corrected chi connectivity index (χ4v) is 2.04. The van der Waals surface area contributed by atoms with E-state index in [0.29, 0.717) is 16.8 Å². The SMILES string of the molecule is O=C(Nc1ccc(C(=O)Nc2ncccn2)cc1)c1ccccc1. The van der Waals surface area contributed by atoms with Crippen LogP contribution < -0.4 is 10.6 Å². The van der Waals surface area contributed by atoms with E-state index in [1.54, 1.807) is 67.0 Å². The van der Waals surface area contributed by atoms with Crippen molar-refractivity contribution in [3.63, 3.8) is 0 Å². The zero-order valence-electron chi connectivity index (χ0n) is 12.6. The van der Waals surface area contributed by atoms with E-state index >= 15 is 0 Å². The molecule has 0 fully saturated rings. The third-order valence-electron chi connectivity index (χ3n) is 3.23. The number of hydrogen-bond acceptors (Lipinski definition) is 4. The average Bonchev–Trinajstić information content (AvgIpc) is 2.64. The molecular weight excluding hydrogens is 304 g/mol. The summed E-state index contributed by atoms with van der Waals surface area (Å²) in [6.45, 7) is 0. The molecule has 6 heteroatoms. The van der Waals surface area contributed by atoms with Gasteiger partial charge >= 0.3 is 0 Å². The summed E-state index contributed by atoms with van der Waals surface area (Å²) in [5.74, 6) is -0.281. The molecule has 0 bridgehead atoms. The third kappa shape index (κ3) is 3.80. The minimum Gasteiger partial charge on any atom is -0.322 e. The Labute approximate surface area is 138 Å². The summed E-state index contributed by atoms with van der Waals surface area (Å²) in [4.78, 5) is 32.0. The second-order valence-electron chi connectivity index (χ2n) is 4.92. The maximum atomic E-state index is 12.1. The van der Waals surface area contributed by atoms with Crippen molar-refractivity contribution in [2.45, 2.75) is 0 Å². The van der Waals surface area contributed by atoms with Gasteiger partial charge in [-0.1, -0.05) is 18.2 Å². The molecular formula is C18H14N4O2. The van der Waals surface area contributed by atoms with Gasteiger partial charge in [0.1, 0.15) is 0 Å². The van der Waals surface area contributed by atoms with E-state index in [4.69, 9.17) is 0 Å². The Morgan fingerprint density at radius 2 is 1.25 bits per heavy atom. The second kappa shape index (κ2) is 7.15. The highest BCUT2D eigenvalue weighted by Crippen LogP contribution is 2.12. The van der Waals surface area contributed by atoms with Crippen molar-refractivity contribution in [2.75, 3.05) is 10.6 Å². The van der Waals surface area contributed by atoms with Crippen LogP contribution in [0.4, 0.5) is 11.6 Å². The molecule has 2 aromatic carbocycles. The first-order chi connectivity index (χ1) is 11.7. The molecule has 118 valence electrons. The van der Waals surface area contributed by atoms with Crippen molar-refractivity contribution < 1.29 is 9.59 Å². The third-order valence-corrected chi connectivity index (χ3v) is 3.23. The van der Waals surface area contributed by atoms with Crippen LogP contribution in [0, 0.1) is 0 Å². The van der Waals surface area contributed by atoms with E-state index in [2.05, 4.69) is 20.6 Å². The first-order valence-electron chi connectivity index (χ1n) is 7.27. The van der Waals surface area contributed by atoms with Gasteiger partial charge in [-0.15, -0.1) is 0 Å². The van der Waals surface area contributed by atoms with Gasteiger partial charge in [0.2, 0.25) is 5.95 Å². The predicted molar refractivity (Wildman–Crippen MR) is 90.8 cm³/mol. The molecule has 1 heterocycles. The molecule has 0 spiro atoms. The van der Waals surface area contributed by atoms with Crippen molar-refractivity contribution in [3.05, 3.63) is 84.2 Å². The lowest BCUT2D eigenvalue weighted by molar-refractivity contribution is 0.101. The van der Waals surface area contributed by atoms with Gasteiger partial charge in [0.25, 0.3) is 11.8 Å². The van der Waals surface area contributed by atoms with Gasteiger partial charge in [0.15, 0.2) is 0 Å². The highest BCUT2D eigenvalue weighted by atomic mass is 16.2. The Balaban J connectivity index is 1.65. The van der Waals surface area contributed by atoms with Crippen molar-refractivity contribution in [1.82, 2.24) is 9.97 Å². The lowest BCUT2D eigenvalue weighted by Gasteiger charge is -2.07. The van der Waals surface area contributed by atoms with Crippen LogP contribution >= 0.6 is 0 Å². The average molecular weight is 318 g/mol. The van der Waals surface area contributed by atoms with Gasteiger partial charge in [-0.3, -0.25) is 14.9 Å². The number of amides is 2. The number of aromatic nitrogens is 2. The first-order valence-corrected chi connectivity index (χ1v) is 7.27. The van der Waals surface area contributed by atoms with Crippen LogP contribution in [0.3, 0.4) is 0 Å². The quantitative estimate of drug-likeness (QED) is 0.774. The maximum absolute atomic E-state index is 12.1. The molecule has 0 aliphatic heterocycles. The molecule has 1 aromatic heterocycles. The second-order valence-corrected chi connectivity index (χ2v) is 4.92. The summed E-state index contributed by atoms with van der Waals surface area (Å²) in [7, 11) is 0. The predicted octanol–water partition coefficient (Wildman–Crippen LogP) is 2.98. The highest BCUT2D eigenvalue weighted by molar-refractivity contribution is 6.05. The van der Waals surface area contributed by atoms with E-state index in [0.717, 1.165) is 0 Å². The summed E-state index contributed by atoms with van der Waals surface area (Å²) in [6.07, 6.45) is 3.09. The number of rotatable bonds is 4. The van der Waals surface area contributed by atoms with Gasteiger partial charge < -0.3 is 5.32 Å². The Bertz CT molecular complexity index is 834. The molecule has 24 heavy (non-hydrogen) atoms. The number of nitrogens with zero attached hydrogens (tertiary/aromatic N) is 2. The Morgan fingerprint density at radius 1 is 0.667 bits per heavy atom. The van der Waals surface area contributed by atoms with Gasteiger partial charge in [0, 0.05) is 29.2 Å². The van der Waals surface area contributed by atoms with E-state index in [-0.39, 0.29) is 17.8 Å². The lowest BCUT2D eigenvalue weighted by atomic mass is 10.1. The summed E-state index contributed by atoms with van der Waals surface area (Å²) in [5.41, 5.74) is 1.62. The van der Waals surface area contributed by atoms with E-state index in [1.807, 2.05) is 6.07 Å². The normalized spacial score (nSPS) is 10.0. The number of anilines is 2. The number of benzene rings is 2. The van der Waals surface area contributed by atoms with Crippen LogP contribution in [-0.4, -0.2) is 21.8 Å². The summed E-state index contributed by atoms with van der Waals surface area (Å²) < 4.78 is 0. The Kier molecular flexibility index (Phi) is 4.57. The fourth-order valence-electron chi connectivity index (χ4n) is 2.04. The van der Waals surface area contributed by atoms with Crippen LogP contribution in [0.5, 0.6) is 0 Å². The van der Waals surface area contributed by atoms with Crippen LogP contribution in [0.25, 0.3) is 0 Å². The summed E-state index contributed by atoms with van der Waals surface area (Å²) >= 11 is 0. The highest BCUT2D eigenvalue weighted by Gasteiger charge is 2.09. The van der Waals surface area contributed by atoms with Gasteiger partial charge in [0.05, 0.1) is 0 Å². The Morgan fingerprint density at radius 3 is 1.92 bits per heavy atom. The van der Waals surface area contributed by atoms with Crippen LogP contribution in [0.2, 0.25) is 0 Å². The first kappa shape index (κ1) is 15.4. The summed E-state index contributed by atoms with van der Waals surface area (Å²) in [6, 6.07) is 17.2. The van der Waals surface area contributed by atoms with Gasteiger partial charge in [-0.2, -0.15) is 0 Å². The molecule has 0 unspecified atom stereocenters. The lowest BCUT2D eigenvalue weighted by Crippen LogP contribution is -2.14. The van der Waals surface area contributed by atoms with E-state index < -0.39 is 0 Å². The molecule has 0 radical (unpaired) electrons. The number of carbonyl (C=O) groups is 2. The summed E-state index contributed by atoms with van der Waals surface area (Å²) in [5, 5.41) is 5.37. The largest absolute Gasteiger partial charge is 0.322 e. The molecule has 0 saturated heterocycles. The minimum absolute atomic E-state index is 0.203. The molecule has 0 atom stereocenters. The molecule has 0 aliphatic carbocycles. The van der Waals surface area contributed by atoms with E-state index in [1.165, 1.54) is 0 Å². The molecule has 6 nitrogen and oxygen atoms in total. The zero-order chi connectivity index (χ0) is 16.8. The number of nitrogens with one attached hydrogen (secondary N) is 2. The molecule has 3 rings (SSSR count). The van der Waals surface area contributed by atoms with Gasteiger partial charge in [-0.25, -0.2) is 9.97 Å². The standard InChI is InChI=1S/C18H14N4O2/c23-16(13-5-2-1-3-6-13)21-15-9-7-14(8-10-15)17(24)22-18-19-11-4-12-20-18/h1-12H,(H,21,23)(H,19,20,22,24). The molecule has 0 saturated carbocycles. The molecule has 3 aromatic rings. The number of hydrogen-bond donors (Lipinski definition) is 2. The topological polar surface area (TPSA) is 84.0 Å². The van der Waals surface area contributed by atoms with Crippen molar-refractivity contribution in [3.8, 4) is 0 Å². The Hall–Kier alpha value is -3.54. The maximum Gasteiger partial charge on any atom is 0.258 e. The van der Waals surface area contributed by atoms with Crippen molar-refractivity contribution in [2.24, 2.45) is 0 Å². The van der Waals surface area contributed by atoms with Crippen LogP contribution in [-0.2, 0) is 0 Å². The minimum atomic E-state index is -0.317.